The Balaban J connectivity index is 1.74. The van der Waals surface area contributed by atoms with Gasteiger partial charge < -0.3 is 4.90 Å². The molecular weight excluding hydrogens is 266 g/mol. The highest BCUT2D eigenvalue weighted by Crippen LogP contribution is 2.16. The highest BCUT2D eigenvalue weighted by atomic mass is 32.2. The van der Waals surface area contributed by atoms with Gasteiger partial charge in [0.15, 0.2) is 0 Å². The first-order chi connectivity index (χ1) is 8.75. The Hall–Kier alpha value is -0.270. The molecule has 0 N–H and O–H groups in total. The second-order valence-corrected chi connectivity index (χ2v) is 7.13. The minimum Gasteiger partial charge on any atom is -0.301 e. The fourth-order valence-corrected chi connectivity index (χ4v) is 3.72. The van der Waals surface area contributed by atoms with Crippen molar-refractivity contribution in [2.45, 2.75) is 25.5 Å². The van der Waals surface area contributed by atoms with E-state index in [1.54, 1.807) is 11.8 Å². The third-order valence-corrected chi connectivity index (χ3v) is 4.66. The van der Waals surface area contributed by atoms with E-state index in [2.05, 4.69) is 46.0 Å². The van der Waals surface area contributed by atoms with E-state index in [1.165, 1.54) is 24.6 Å². The van der Waals surface area contributed by atoms with Crippen LogP contribution >= 0.6 is 23.5 Å². The summed E-state index contributed by atoms with van der Waals surface area (Å²) in [6.07, 6.45) is 0. The highest BCUT2D eigenvalue weighted by molar-refractivity contribution is 7.99. The van der Waals surface area contributed by atoms with Crippen molar-refractivity contribution in [2.24, 2.45) is 5.92 Å². The number of thioether (sulfide) groups is 2. The fourth-order valence-electron chi connectivity index (χ4n) is 1.85. The largest absolute Gasteiger partial charge is 0.301 e. The molecule has 102 valence electrons. The lowest BCUT2D eigenvalue weighted by molar-refractivity contribution is 0.322. The predicted octanol–water partition coefficient (Wildman–Crippen LogP) is 1.47. The van der Waals surface area contributed by atoms with Crippen LogP contribution in [-0.2, 0) is 6.54 Å². The predicted molar refractivity (Wildman–Crippen MR) is 77.1 cm³/mol. The Morgan fingerprint density at radius 3 is 2.83 bits per heavy atom. The molecule has 2 heterocycles. The lowest BCUT2D eigenvalue weighted by atomic mass is 10.2. The molecule has 0 amide bonds. The molecule has 1 aromatic rings. The van der Waals surface area contributed by atoms with Gasteiger partial charge in [0.1, 0.15) is 0 Å². The molecule has 1 aliphatic rings. The average Bonchev–Trinajstić information content (AvgIpc) is 2.77. The van der Waals surface area contributed by atoms with Gasteiger partial charge in [-0.1, -0.05) is 25.6 Å². The van der Waals surface area contributed by atoms with E-state index in [9.17, 15) is 0 Å². The molecule has 0 saturated carbocycles. The van der Waals surface area contributed by atoms with Gasteiger partial charge in [0.25, 0.3) is 0 Å². The van der Waals surface area contributed by atoms with E-state index in [0.29, 0.717) is 5.92 Å². The molecule has 0 unspecified atom stereocenters. The van der Waals surface area contributed by atoms with Gasteiger partial charge in [-0.15, -0.1) is 5.10 Å². The average molecular weight is 287 g/mol. The van der Waals surface area contributed by atoms with E-state index in [1.807, 2.05) is 4.68 Å². The summed E-state index contributed by atoms with van der Waals surface area (Å²) in [5.41, 5.74) is 0. The van der Waals surface area contributed by atoms with Crippen molar-refractivity contribution in [2.75, 3.05) is 36.9 Å². The second kappa shape index (κ2) is 7.35. The Bertz CT molecular complexity index is 349. The Labute approximate surface area is 117 Å². The number of hydrogen-bond donors (Lipinski definition) is 0. The Morgan fingerprint density at radius 1 is 1.33 bits per heavy atom. The Kier molecular flexibility index (Phi) is 5.78. The lowest BCUT2D eigenvalue weighted by Crippen LogP contribution is -2.34. The molecule has 5 nitrogen and oxygen atoms in total. The molecule has 0 radical (unpaired) electrons. The molecule has 7 heteroatoms. The molecule has 0 bridgehead atoms. The van der Waals surface area contributed by atoms with Crippen LogP contribution in [0.4, 0.5) is 0 Å². The standard InChI is InChI=1S/C11H21N5S2/c1-10(2)9-16-11(12-13-14-16)18-8-5-15-3-6-17-7-4-15/h10H,3-9H2,1-2H3. The zero-order chi connectivity index (χ0) is 12.8. The summed E-state index contributed by atoms with van der Waals surface area (Å²) in [6, 6.07) is 0. The maximum Gasteiger partial charge on any atom is 0.209 e. The van der Waals surface area contributed by atoms with Gasteiger partial charge in [0.2, 0.25) is 5.16 Å². The maximum atomic E-state index is 4.09. The molecular formula is C11H21N5S2. The molecule has 0 aromatic carbocycles. The van der Waals surface area contributed by atoms with Crippen LogP contribution in [0.5, 0.6) is 0 Å². The van der Waals surface area contributed by atoms with Gasteiger partial charge in [-0.3, -0.25) is 0 Å². The SMILES string of the molecule is CC(C)Cn1nnnc1SCCN1CCSCC1. The van der Waals surface area contributed by atoms with Crippen LogP contribution in [0.2, 0.25) is 0 Å². The Morgan fingerprint density at radius 2 is 2.11 bits per heavy atom. The fraction of sp³-hybridized carbons (Fsp3) is 0.909. The van der Waals surface area contributed by atoms with Gasteiger partial charge in [0.05, 0.1) is 0 Å². The lowest BCUT2D eigenvalue weighted by Gasteiger charge is -2.25. The molecule has 0 atom stereocenters. The number of hydrogen-bond acceptors (Lipinski definition) is 6. The van der Waals surface area contributed by atoms with Crippen molar-refractivity contribution in [1.82, 2.24) is 25.1 Å². The first-order valence-corrected chi connectivity index (χ1v) is 8.59. The topological polar surface area (TPSA) is 46.8 Å². The van der Waals surface area contributed by atoms with Crippen molar-refractivity contribution < 1.29 is 0 Å². The van der Waals surface area contributed by atoms with Gasteiger partial charge in [0, 0.05) is 43.4 Å². The number of nitrogens with zero attached hydrogens (tertiary/aromatic N) is 5. The van der Waals surface area contributed by atoms with Crippen LogP contribution in [0.15, 0.2) is 5.16 Å². The summed E-state index contributed by atoms with van der Waals surface area (Å²) in [5.74, 6) is 4.20. The van der Waals surface area contributed by atoms with Crippen molar-refractivity contribution in [3.8, 4) is 0 Å². The van der Waals surface area contributed by atoms with E-state index in [4.69, 9.17) is 0 Å². The first kappa shape index (κ1) is 14.1. The zero-order valence-electron chi connectivity index (χ0n) is 11.1. The molecule has 1 aliphatic heterocycles. The van der Waals surface area contributed by atoms with Crippen LogP contribution in [0.3, 0.4) is 0 Å². The minimum absolute atomic E-state index is 0.576. The summed E-state index contributed by atoms with van der Waals surface area (Å²) >= 11 is 3.82. The van der Waals surface area contributed by atoms with Gasteiger partial charge in [-0.2, -0.15) is 11.8 Å². The van der Waals surface area contributed by atoms with Gasteiger partial charge >= 0.3 is 0 Å². The van der Waals surface area contributed by atoms with Crippen LogP contribution < -0.4 is 0 Å². The van der Waals surface area contributed by atoms with E-state index in [-0.39, 0.29) is 0 Å². The summed E-state index contributed by atoms with van der Waals surface area (Å²) in [4.78, 5) is 2.53. The van der Waals surface area contributed by atoms with Crippen molar-refractivity contribution >= 4 is 23.5 Å². The summed E-state index contributed by atoms with van der Waals surface area (Å²) < 4.78 is 1.92. The minimum atomic E-state index is 0.576. The molecule has 0 aliphatic carbocycles. The number of aromatic nitrogens is 4. The number of rotatable bonds is 6. The summed E-state index contributed by atoms with van der Waals surface area (Å²) in [7, 11) is 0. The molecule has 1 aromatic heterocycles. The van der Waals surface area contributed by atoms with Crippen LogP contribution in [0.1, 0.15) is 13.8 Å². The maximum absolute atomic E-state index is 4.09. The van der Waals surface area contributed by atoms with E-state index < -0.39 is 0 Å². The third kappa shape index (κ3) is 4.44. The molecule has 2 rings (SSSR count). The highest BCUT2D eigenvalue weighted by Gasteiger charge is 2.12. The van der Waals surface area contributed by atoms with Gasteiger partial charge in [-0.25, -0.2) is 4.68 Å². The summed E-state index contributed by atoms with van der Waals surface area (Å²) in [6.45, 7) is 8.85. The van der Waals surface area contributed by atoms with Gasteiger partial charge in [-0.05, 0) is 16.3 Å². The molecule has 1 fully saturated rings. The van der Waals surface area contributed by atoms with E-state index >= 15 is 0 Å². The smallest absolute Gasteiger partial charge is 0.209 e. The summed E-state index contributed by atoms with van der Waals surface area (Å²) in [5, 5.41) is 12.9. The van der Waals surface area contributed by atoms with Crippen LogP contribution in [-0.4, -0.2) is 62.0 Å². The number of tetrazole rings is 1. The van der Waals surface area contributed by atoms with Crippen molar-refractivity contribution in [1.29, 1.82) is 0 Å². The van der Waals surface area contributed by atoms with Crippen LogP contribution in [0, 0.1) is 5.92 Å². The normalized spacial score (nSPS) is 17.5. The van der Waals surface area contributed by atoms with Crippen LogP contribution in [0.25, 0.3) is 0 Å². The quantitative estimate of drug-likeness (QED) is 0.738. The molecule has 1 saturated heterocycles. The van der Waals surface area contributed by atoms with E-state index in [0.717, 1.165) is 24.0 Å². The van der Waals surface area contributed by atoms with Crippen molar-refractivity contribution in [3.05, 3.63) is 0 Å². The zero-order valence-corrected chi connectivity index (χ0v) is 12.7. The first-order valence-electron chi connectivity index (χ1n) is 6.45. The molecule has 18 heavy (non-hydrogen) atoms. The third-order valence-electron chi connectivity index (χ3n) is 2.78. The molecule has 0 spiro atoms. The van der Waals surface area contributed by atoms with Crippen molar-refractivity contribution in [3.63, 3.8) is 0 Å². The monoisotopic (exact) mass is 287 g/mol. The second-order valence-electron chi connectivity index (χ2n) is 4.84.